The number of rotatable bonds is 35. The Morgan fingerprint density at radius 1 is 0.755 bits per heavy atom. The van der Waals surface area contributed by atoms with Crippen molar-refractivity contribution in [2.24, 2.45) is 11.8 Å². The molecule has 2 aliphatic heterocycles. The second kappa shape index (κ2) is 37.8. The number of esters is 1. The van der Waals surface area contributed by atoms with Crippen LogP contribution in [0.15, 0.2) is 109 Å². The molecule has 4 aromatic carbocycles. The van der Waals surface area contributed by atoms with Crippen molar-refractivity contribution in [3.05, 3.63) is 123 Å². The highest BCUT2D eigenvalue weighted by Crippen LogP contribution is 2.41. The summed E-state index contributed by atoms with van der Waals surface area (Å²) in [7, 11) is -10.1. The van der Waals surface area contributed by atoms with Gasteiger partial charge in [-0.25, -0.2) is 19.6 Å². The number of aliphatic hydroxyl groups excluding tert-OH is 5. The molecule has 2 saturated heterocycles. The Hall–Kier alpha value is -7.79. The number of carbonyl (C=O) groups is 6. The van der Waals surface area contributed by atoms with Crippen molar-refractivity contribution in [3.8, 4) is 0 Å². The molecule has 580 valence electrons. The molecule has 4 fully saturated rings. The smallest absolute Gasteiger partial charge is 0.338 e. The van der Waals surface area contributed by atoms with Crippen LogP contribution in [0.2, 0.25) is 0 Å². The molecule has 5 aromatic rings. The summed E-state index contributed by atoms with van der Waals surface area (Å²) in [6, 6.07) is 17.2. The number of anilines is 2. The average molecular weight is 1550 g/mol. The summed E-state index contributed by atoms with van der Waals surface area (Å²) < 4.78 is 122. The quantitative estimate of drug-likeness (QED) is 0.00674. The molecule has 4 aliphatic rings. The highest BCUT2D eigenvalue weighted by molar-refractivity contribution is 7.94. The lowest BCUT2D eigenvalue weighted by atomic mass is 9.78. The number of benzene rings is 4. The number of Topliss-reactive ketones (excluding diaryl/α,β-unsaturated/α-hetero) is 1. The second-order valence-corrected chi connectivity index (χ2v) is 29.2. The number of aromatic amines is 2. The van der Waals surface area contributed by atoms with Crippen LogP contribution in [0, 0.1) is 11.8 Å². The van der Waals surface area contributed by atoms with Crippen molar-refractivity contribution in [2.75, 3.05) is 50.2 Å². The highest BCUT2D eigenvalue weighted by Gasteiger charge is 2.55. The maximum absolute atomic E-state index is 14.6. The van der Waals surface area contributed by atoms with Crippen LogP contribution in [0.5, 0.6) is 0 Å². The number of carbonyl (C=O) groups excluding carboxylic acids is 5. The summed E-state index contributed by atoms with van der Waals surface area (Å²) in [6.45, 7) is -1.04. The second-order valence-electron chi connectivity index (χ2n) is 25.6. The van der Waals surface area contributed by atoms with E-state index < -0.39 is 194 Å². The van der Waals surface area contributed by atoms with Crippen LogP contribution in [0.3, 0.4) is 0 Å². The lowest BCUT2D eigenvalue weighted by Gasteiger charge is -2.49. The maximum Gasteiger partial charge on any atom is 0.338 e. The number of aliphatic carboxylic acids is 1. The first-order chi connectivity index (χ1) is 50.5. The van der Waals surface area contributed by atoms with Gasteiger partial charge in [-0.15, -0.1) is 4.33 Å². The lowest BCUT2D eigenvalue weighted by Crippen LogP contribution is -2.65. The summed E-state index contributed by atoms with van der Waals surface area (Å²) in [4.78, 5) is 109. The van der Waals surface area contributed by atoms with Crippen LogP contribution in [0.4, 0.5) is 11.4 Å². The van der Waals surface area contributed by atoms with Gasteiger partial charge in [-0.1, -0.05) is 67.5 Å². The number of carboxylic acids is 1. The van der Waals surface area contributed by atoms with Crippen molar-refractivity contribution in [1.29, 1.82) is 0 Å². The number of nitrogens with one attached hydrogen (secondary N) is 6. The summed E-state index contributed by atoms with van der Waals surface area (Å²) in [5, 5.41) is 89.2. The number of amides is 3. The van der Waals surface area contributed by atoms with Crippen molar-refractivity contribution in [2.45, 2.75) is 178 Å². The van der Waals surface area contributed by atoms with Gasteiger partial charge in [0.15, 0.2) is 24.8 Å². The zero-order valence-corrected chi connectivity index (χ0v) is 59.0. The molecule has 3 amide bonds. The predicted octanol–water partition coefficient (Wildman–Crippen LogP) is 1.11. The van der Waals surface area contributed by atoms with E-state index in [4.69, 9.17) is 43.2 Å². The first kappa shape index (κ1) is 82.3. The number of aromatic nitrogens is 2. The summed E-state index contributed by atoms with van der Waals surface area (Å²) in [5.74, 6) is -6.55. The number of aliphatic hydroxyl groups is 5. The van der Waals surface area contributed by atoms with Crippen LogP contribution >= 0.6 is 12.0 Å². The molecule has 1 aromatic heterocycles. The van der Waals surface area contributed by atoms with Crippen LogP contribution < -0.4 is 32.5 Å². The van der Waals surface area contributed by atoms with E-state index in [1.54, 1.807) is 30.3 Å². The van der Waals surface area contributed by atoms with E-state index in [9.17, 15) is 94.9 Å². The molecular weight excluding hydrogens is 1470 g/mol. The van der Waals surface area contributed by atoms with Crippen molar-refractivity contribution in [3.63, 3.8) is 0 Å². The molecule has 3 heterocycles. The predicted molar refractivity (Wildman–Crippen MR) is 364 cm³/mol. The summed E-state index contributed by atoms with van der Waals surface area (Å²) in [5.41, 5.74) is -1.83. The molecule has 0 bridgehead atoms. The Bertz CT molecular complexity index is 4220. The van der Waals surface area contributed by atoms with Gasteiger partial charge in [0.2, 0.25) is 11.8 Å². The minimum Gasteiger partial charge on any atom is -0.479 e. The number of carboxylic acid groups (broad SMARTS) is 1. The average Bonchev–Trinajstić information content (AvgIpc) is 0.992. The molecule has 106 heavy (non-hydrogen) atoms. The van der Waals surface area contributed by atoms with Gasteiger partial charge in [0.1, 0.15) is 72.3 Å². The molecule has 2 saturated carbocycles. The minimum atomic E-state index is -5.11. The number of hydrogen-bond acceptors (Lipinski definition) is 30. The Labute approximate surface area is 608 Å². The van der Waals surface area contributed by atoms with Crippen LogP contribution in [0.1, 0.15) is 97.5 Å². The topological polar surface area (TPSA) is 559 Å². The molecule has 14 unspecified atom stereocenters. The molecule has 15 N–H and O–H groups in total. The van der Waals surface area contributed by atoms with Crippen molar-refractivity contribution < 1.29 is 138 Å². The third-order valence-corrected chi connectivity index (χ3v) is 20.3. The fourth-order valence-electron chi connectivity index (χ4n) is 12.9. The molecule has 0 radical (unpaired) electrons. The lowest BCUT2D eigenvalue weighted by molar-refractivity contribution is -0.432. The van der Waals surface area contributed by atoms with Gasteiger partial charge in [0, 0.05) is 53.2 Å². The fraction of sp³-hybridized carbons (Fsp3) is 0.515. The normalized spacial score (nSPS) is 25.4. The van der Waals surface area contributed by atoms with Gasteiger partial charge in [-0.3, -0.25) is 38.1 Å². The van der Waals surface area contributed by atoms with Crippen LogP contribution in [-0.2, 0) is 93.2 Å². The van der Waals surface area contributed by atoms with Crippen LogP contribution in [-0.4, -0.2) is 233 Å². The van der Waals surface area contributed by atoms with Gasteiger partial charge in [0.05, 0.1) is 60.6 Å². The van der Waals surface area contributed by atoms with Crippen molar-refractivity contribution >= 4 is 89.9 Å². The zero-order valence-electron chi connectivity index (χ0n) is 56.6. The molecular formula is C66H82N6O31S3. The Balaban J connectivity index is 0.842. The maximum atomic E-state index is 14.6. The largest absolute Gasteiger partial charge is 0.479 e. The molecule has 2 aliphatic carbocycles. The van der Waals surface area contributed by atoms with E-state index in [1.165, 1.54) is 43.3 Å². The fourth-order valence-corrected chi connectivity index (χ4v) is 14.7. The number of H-pyrrole nitrogens is 2. The molecule has 40 heteroatoms. The van der Waals surface area contributed by atoms with Gasteiger partial charge >= 0.3 is 17.6 Å². The Morgan fingerprint density at radius 2 is 1.48 bits per heavy atom. The van der Waals surface area contributed by atoms with Crippen LogP contribution in [0.25, 0.3) is 10.8 Å². The van der Waals surface area contributed by atoms with E-state index >= 15 is 0 Å². The minimum absolute atomic E-state index is 0.00236. The van der Waals surface area contributed by atoms with E-state index in [-0.39, 0.29) is 91.2 Å². The Kier molecular flexibility index (Phi) is 29.4. The SMILES string of the molecule is CC1OC(OC2C(NC(=O)c3cc(=O)[nH]c(=O)[nH]3)CC(C(=O)CCCNC(=O)COCCOCC(=O)Nc3cccc(CNc4cc(SOOO)cc5cc(S(=O)(=O)O)cc(S(=O)(=O)O)c45)c3)CC2OC2OC(CO)C(O)C(O[C@@H](CC3CCCCC3)C(=O)O)C2OC(=O)c2ccccc2)C(O)C(O)C1O. The number of hydrogen-bond donors (Lipinski definition) is 15. The van der Waals surface area contributed by atoms with Crippen molar-refractivity contribution in [1.82, 2.24) is 20.6 Å². The summed E-state index contributed by atoms with van der Waals surface area (Å²) in [6.07, 6.45) is -19.7. The van der Waals surface area contributed by atoms with E-state index in [0.29, 0.717) is 42.2 Å². The van der Waals surface area contributed by atoms with E-state index in [0.717, 1.165) is 31.4 Å². The van der Waals surface area contributed by atoms with Gasteiger partial charge < -0.3 is 94.8 Å². The zero-order chi connectivity index (χ0) is 76.6. The monoisotopic (exact) mass is 1550 g/mol. The number of ketones is 1. The molecule has 37 nitrogen and oxygen atoms in total. The van der Waals surface area contributed by atoms with E-state index in [2.05, 4.69) is 35.6 Å². The standard InChI is InChI=1S/C66H82N6O31S3/c1-33-54(78)56(80)57(81)64(96-33)101-58-43(70-61(82)44-28-50(75)72-66(86)71-44)24-37(25-46(58)98-65-60(100-63(85)36-13-6-3-7-14-36)59(55(79)48(30-73)99-65)97-47(62(83)84)21-34-10-4-2-5-11-34)45(74)16-9-17-67-51(76)31-94-18-19-95-32-52(77)69-39-15-8-12-35(20-39)29-68-42-26-40(104-103-102-87)22-38-23-41(105(88,89)90)27-49(53(38)42)106(91,92)93/h3,6-8,12-15,20,22-23,26-28,33-34,37,43,46-48,54-60,64-65,68,73,78-81,87H,2,4-5,9-11,16-19,21,24-25,29-32H2,1H3,(H,67,76)(H,69,77)(H,70,82)(H,83,84)(H,88,89,90)(H,91,92,93)(H2,71,72,75,86)/t33?,37?,43?,46?,47-,48?,54?,55?,56?,57?,58?,59?,60?,64?,65?/m0/s1. The highest BCUT2D eigenvalue weighted by atomic mass is 32.2. The number of ether oxygens (including phenoxy) is 8. The first-order valence-electron chi connectivity index (χ1n) is 33.5. The third-order valence-electron chi connectivity index (χ3n) is 18.1. The summed E-state index contributed by atoms with van der Waals surface area (Å²) >= 11 is 0.442. The van der Waals surface area contributed by atoms with Gasteiger partial charge in [-0.2, -0.15) is 16.8 Å². The third kappa shape index (κ3) is 22.4. The Morgan fingerprint density at radius 3 is 2.16 bits per heavy atom. The van der Waals surface area contributed by atoms with Gasteiger partial charge in [-0.05, 0) is 98.0 Å². The molecule has 15 atom stereocenters. The van der Waals surface area contributed by atoms with E-state index in [1.807, 2.05) is 4.98 Å². The van der Waals surface area contributed by atoms with Gasteiger partial charge in [0.25, 0.3) is 31.7 Å². The number of fused-ring (bicyclic) bond motifs is 1. The first-order valence-corrected chi connectivity index (χ1v) is 37.1. The molecule has 0 spiro atoms. The molecule has 9 rings (SSSR count).